The van der Waals surface area contributed by atoms with Gasteiger partial charge in [0.2, 0.25) is 0 Å². The van der Waals surface area contributed by atoms with E-state index in [-0.39, 0.29) is 21.7 Å². The number of anilines is 1. The summed E-state index contributed by atoms with van der Waals surface area (Å²) in [5.41, 5.74) is 10.6. The van der Waals surface area contributed by atoms with Gasteiger partial charge in [-0.05, 0) is 270 Å². The Hall–Kier alpha value is -4.22. The van der Waals surface area contributed by atoms with E-state index in [9.17, 15) is 35.1 Å². The van der Waals surface area contributed by atoms with Gasteiger partial charge in [-0.2, -0.15) is 26.3 Å². The van der Waals surface area contributed by atoms with Crippen LogP contribution in [0.15, 0.2) is 103 Å². The van der Waals surface area contributed by atoms with Crippen molar-refractivity contribution in [1.29, 1.82) is 0 Å². The number of hydrogen-bond acceptors (Lipinski definition) is 3. The highest BCUT2D eigenvalue weighted by Gasteiger charge is 2.41. The fourth-order valence-corrected chi connectivity index (χ4v) is 17.7. The number of halogens is 8. The fraction of sp³-hybridized carbons (Fsp3) is 0.755. The van der Waals surface area contributed by atoms with Gasteiger partial charge in [0.1, 0.15) is 12.3 Å². The highest BCUT2D eigenvalue weighted by atomic mass is 19.4. The van der Waals surface area contributed by atoms with Crippen molar-refractivity contribution in [2.45, 2.75) is 408 Å². The molecule has 0 radical (unpaired) electrons. The molecule has 8 fully saturated rings. The summed E-state index contributed by atoms with van der Waals surface area (Å²) in [7, 11) is 0. The van der Waals surface area contributed by atoms with E-state index in [4.69, 9.17) is 0 Å². The van der Waals surface area contributed by atoms with E-state index in [0.717, 1.165) is 110 Å². The largest absolute Gasteiger partial charge is 0.416 e. The Labute approximate surface area is 714 Å². The molecule has 3 aliphatic heterocycles. The van der Waals surface area contributed by atoms with Gasteiger partial charge in [-0.1, -0.05) is 319 Å². The summed E-state index contributed by atoms with van der Waals surface area (Å²) in [4.78, 5) is 5.44. The molecule has 6 atom stereocenters. The van der Waals surface area contributed by atoms with Gasteiger partial charge in [0, 0.05) is 43.5 Å². The van der Waals surface area contributed by atoms with E-state index in [1.54, 1.807) is 26.8 Å². The molecule has 670 valence electrons. The smallest absolute Gasteiger partial charge is 0.359 e. The van der Waals surface area contributed by atoms with Crippen molar-refractivity contribution in [1.82, 2.24) is 9.80 Å². The number of allylic oxidation sites excluding steroid dienone is 1. The lowest BCUT2D eigenvalue weighted by molar-refractivity contribution is -0.139. The second-order valence-electron chi connectivity index (χ2n) is 47.4. The van der Waals surface area contributed by atoms with E-state index >= 15 is 0 Å². The molecule has 6 saturated carbocycles. The standard InChI is InChI=1S/C13H17N.2C12H23N.2C11H13F3.C11H16.2C9H17F.2C9H18/c1-9-7-10-8-11(13(2,3)4)5-6-12(10)14-9;1-12(2,3)11-6-7-13(9-11)8-10-4-5-10;1-12(2,3)11-5-4-8-13(11)9-10-6-7-10;1-10(2,3)8-4-6-9(7-5-8)11(12,13)14;1-10(2,3)8-6-4-5-7-9(8)11(12,13)14;1-9-6-5-7-10(8-9)11(2,3)4;1-9(2,3)7-4-5-8(10)6-7;1-9(2,3)7-5-4-6-8(7)10;2*1-9(2,3)8-6-4-5-7-8/h5-6,8,14H,1,7H2,2-4H3;2*10-11H,4-9H2,1-3H3;2*4-7H,1-3H3;5-8H,1-4H3;2*7-8H,4-6H2,1-3H3;2*8H,4-7H2,1-3H3. The number of likely N-dealkylation sites (tertiary alicyclic amines) is 2. The van der Waals surface area contributed by atoms with Gasteiger partial charge in [-0.3, -0.25) is 4.90 Å². The number of nitrogens with one attached hydrogen (secondary N) is 1. The van der Waals surface area contributed by atoms with E-state index in [1.165, 1.54) is 181 Å². The van der Waals surface area contributed by atoms with E-state index in [2.05, 4.69) is 237 Å². The maximum atomic E-state index is 13.1. The van der Waals surface area contributed by atoms with Crippen molar-refractivity contribution in [3.05, 3.63) is 148 Å². The lowest BCUT2D eigenvalue weighted by atomic mass is 9.79. The molecule has 6 unspecified atom stereocenters. The molecule has 0 amide bonds. The Morgan fingerprint density at radius 3 is 1.18 bits per heavy atom. The Morgan fingerprint density at radius 2 is 0.838 bits per heavy atom. The summed E-state index contributed by atoms with van der Waals surface area (Å²) >= 11 is 0. The molecule has 6 aliphatic carbocycles. The van der Waals surface area contributed by atoms with Gasteiger partial charge in [-0.15, -0.1) is 0 Å². The van der Waals surface area contributed by atoms with Crippen LogP contribution < -0.4 is 5.32 Å². The number of alkyl halides is 8. The molecule has 11 heteroatoms. The minimum Gasteiger partial charge on any atom is -0.359 e. The number of hydrogen-bond donors (Lipinski definition) is 1. The Kier molecular flexibility index (Phi) is 39.4. The van der Waals surface area contributed by atoms with Crippen LogP contribution in [0.5, 0.6) is 0 Å². The van der Waals surface area contributed by atoms with Crippen LogP contribution in [-0.2, 0) is 40.4 Å². The molecule has 4 aromatic rings. The lowest BCUT2D eigenvalue weighted by Gasteiger charge is -2.35. The van der Waals surface area contributed by atoms with Crippen molar-refractivity contribution in [2.75, 3.05) is 38.0 Å². The number of rotatable bonds is 4. The Morgan fingerprint density at radius 1 is 0.376 bits per heavy atom. The molecule has 0 aromatic heterocycles. The van der Waals surface area contributed by atoms with Crippen LogP contribution in [0.2, 0.25) is 0 Å². The summed E-state index contributed by atoms with van der Waals surface area (Å²) in [6.07, 6.45) is 19.1. The van der Waals surface area contributed by atoms with Crippen LogP contribution in [0.1, 0.15) is 387 Å². The summed E-state index contributed by atoms with van der Waals surface area (Å²) in [6, 6.07) is 27.2. The minimum atomic E-state index is -4.26. The van der Waals surface area contributed by atoms with Crippen LogP contribution in [0.3, 0.4) is 0 Å². The van der Waals surface area contributed by atoms with Crippen molar-refractivity contribution in [3.8, 4) is 0 Å². The van der Waals surface area contributed by atoms with E-state index in [0.29, 0.717) is 44.5 Å². The molecule has 9 aliphatic rings. The number of nitrogens with zero attached hydrogens (tertiary/aromatic N) is 2. The summed E-state index contributed by atoms with van der Waals surface area (Å²) < 4.78 is 100. The molecular formula is C106H175F8N3. The molecule has 2 saturated heterocycles. The van der Waals surface area contributed by atoms with Crippen LogP contribution in [-0.4, -0.2) is 60.9 Å². The number of benzene rings is 4. The Bertz CT molecular complexity index is 3390. The topological polar surface area (TPSA) is 18.5 Å². The van der Waals surface area contributed by atoms with E-state index < -0.39 is 41.2 Å². The first-order valence-electron chi connectivity index (χ1n) is 46.0. The normalized spacial score (nSPS) is 22.4. The summed E-state index contributed by atoms with van der Waals surface area (Å²) in [5, 5.41) is 3.28. The average molecular weight is 1640 g/mol. The molecular weight excluding hydrogens is 1470 g/mol. The van der Waals surface area contributed by atoms with Crippen molar-refractivity contribution in [2.24, 2.45) is 73.9 Å². The first-order valence-corrected chi connectivity index (χ1v) is 46.0. The third-order valence-electron chi connectivity index (χ3n) is 26.2. The lowest BCUT2D eigenvalue weighted by Crippen LogP contribution is -2.40. The SMILES string of the molecule is C=C1Cc2cc(C(C)(C)C)ccc2N1.CC(C)(C)C1CCC(F)C1.CC(C)(C)C1CCCC1.CC(C)(C)C1CCCC1.CC(C)(C)C1CCCC1F.CC(C)(C)C1CCCN1CC1CC1.CC(C)(C)C1CCN(CC2CC2)C1.CC(C)(C)c1ccc(C(F)(F)F)cc1.CC(C)(C)c1ccccc1C(F)(F)F.Cc1cccc(C(C)(C)C)c1. The van der Waals surface area contributed by atoms with Gasteiger partial charge in [0.15, 0.2) is 0 Å². The first-order chi connectivity index (χ1) is 53.3. The molecule has 4 aromatic carbocycles. The molecule has 117 heavy (non-hydrogen) atoms. The van der Waals surface area contributed by atoms with Gasteiger partial charge in [0.05, 0.1) is 11.1 Å². The number of fused-ring (bicyclic) bond motifs is 1. The second-order valence-corrected chi connectivity index (χ2v) is 47.4. The minimum absolute atomic E-state index is 0.107. The molecule has 0 spiro atoms. The summed E-state index contributed by atoms with van der Waals surface area (Å²) in [6.45, 7) is 79.2. The van der Waals surface area contributed by atoms with Crippen LogP contribution in [0, 0.1) is 80.8 Å². The van der Waals surface area contributed by atoms with Gasteiger partial charge in [-0.25, -0.2) is 8.78 Å². The van der Waals surface area contributed by atoms with Crippen molar-refractivity contribution < 1.29 is 35.1 Å². The molecule has 0 bridgehead atoms. The zero-order valence-electron chi connectivity index (χ0n) is 80.7. The maximum absolute atomic E-state index is 13.1. The van der Waals surface area contributed by atoms with Crippen LogP contribution >= 0.6 is 0 Å². The molecule has 1 N–H and O–H groups in total. The monoisotopic (exact) mass is 1640 g/mol. The van der Waals surface area contributed by atoms with Crippen LogP contribution in [0.25, 0.3) is 0 Å². The van der Waals surface area contributed by atoms with Crippen molar-refractivity contribution >= 4 is 5.69 Å². The van der Waals surface area contributed by atoms with Gasteiger partial charge < -0.3 is 10.2 Å². The molecule has 3 nitrogen and oxygen atoms in total. The predicted molar refractivity (Wildman–Crippen MR) is 491 cm³/mol. The molecule has 13 rings (SSSR count). The Balaban J connectivity index is 0.000000275. The quantitative estimate of drug-likeness (QED) is 0.206. The fourth-order valence-electron chi connectivity index (χ4n) is 17.7. The average Bonchev–Trinajstić information content (AvgIpc) is 1.60. The zero-order chi connectivity index (χ0) is 89.1. The molecule has 3 heterocycles. The number of aryl methyl sites for hydroxylation is 1. The van der Waals surface area contributed by atoms with E-state index in [1.807, 2.05) is 20.8 Å². The highest BCUT2D eigenvalue weighted by molar-refractivity contribution is 5.63. The van der Waals surface area contributed by atoms with Gasteiger partial charge >= 0.3 is 12.4 Å². The third kappa shape index (κ3) is 39.0. The van der Waals surface area contributed by atoms with Gasteiger partial charge in [0.25, 0.3) is 0 Å². The maximum Gasteiger partial charge on any atom is 0.416 e. The van der Waals surface area contributed by atoms with Crippen molar-refractivity contribution in [3.63, 3.8) is 0 Å². The highest BCUT2D eigenvalue weighted by Crippen LogP contribution is 2.46. The second kappa shape index (κ2) is 43.9. The summed E-state index contributed by atoms with van der Waals surface area (Å²) in [5.74, 6) is 6.01. The zero-order valence-corrected chi connectivity index (χ0v) is 80.7. The van der Waals surface area contributed by atoms with Crippen LogP contribution in [0.4, 0.5) is 40.8 Å². The third-order valence-corrected chi connectivity index (χ3v) is 26.2. The first kappa shape index (κ1) is 105. The predicted octanol–water partition coefficient (Wildman–Crippen LogP) is 33.2.